The lowest BCUT2D eigenvalue weighted by atomic mass is 10.1. The van der Waals surface area contributed by atoms with Gasteiger partial charge in [-0.3, -0.25) is 0 Å². The molecule has 2 heterocycles. The Kier molecular flexibility index (Phi) is 3.88. The minimum absolute atomic E-state index is 0.258. The van der Waals surface area contributed by atoms with Gasteiger partial charge in [0.05, 0.1) is 6.04 Å². The quantitative estimate of drug-likeness (QED) is 0.904. The van der Waals surface area contributed by atoms with Crippen LogP contribution in [-0.2, 0) is 0 Å². The van der Waals surface area contributed by atoms with E-state index in [1.54, 1.807) is 11.3 Å². The van der Waals surface area contributed by atoms with Gasteiger partial charge in [-0.15, -0.1) is 11.3 Å². The van der Waals surface area contributed by atoms with Gasteiger partial charge in [-0.25, -0.2) is 4.98 Å². The van der Waals surface area contributed by atoms with Crippen molar-refractivity contribution in [2.75, 3.05) is 0 Å². The minimum Gasteiger partial charge on any atom is -0.466 e. The summed E-state index contributed by atoms with van der Waals surface area (Å²) in [6.07, 6.45) is 1.93. The molecule has 0 aliphatic rings. The summed E-state index contributed by atoms with van der Waals surface area (Å²) in [7, 11) is 0. The Balaban J connectivity index is 2.07. The maximum Gasteiger partial charge on any atom is 0.109 e. The number of hydrogen-bond acceptors (Lipinski definition) is 4. The third kappa shape index (κ3) is 2.82. The molecule has 0 bridgehead atoms. The summed E-state index contributed by atoms with van der Waals surface area (Å²) in [5, 5.41) is 4.70. The van der Waals surface area contributed by atoms with E-state index in [0.29, 0.717) is 0 Å². The van der Waals surface area contributed by atoms with Gasteiger partial charge >= 0.3 is 0 Å². The van der Waals surface area contributed by atoms with E-state index in [9.17, 15) is 0 Å². The van der Waals surface area contributed by atoms with Crippen molar-refractivity contribution >= 4 is 11.3 Å². The summed E-state index contributed by atoms with van der Waals surface area (Å²) in [5.41, 5.74) is 1.23. The molecule has 3 nitrogen and oxygen atoms in total. The first-order valence-corrected chi connectivity index (χ1v) is 7.04. The topological polar surface area (TPSA) is 38.1 Å². The molecule has 2 rings (SSSR count). The first-order valence-electron chi connectivity index (χ1n) is 6.22. The first-order chi connectivity index (χ1) is 8.47. The number of nitrogens with one attached hydrogen (secondary N) is 1. The lowest BCUT2D eigenvalue weighted by molar-refractivity contribution is 0.468. The van der Waals surface area contributed by atoms with Crippen molar-refractivity contribution in [3.63, 3.8) is 0 Å². The molecule has 0 amide bonds. The molecule has 18 heavy (non-hydrogen) atoms. The van der Waals surface area contributed by atoms with Gasteiger partial charge < -0.3 is 9.73 Å². The molecule has 2 unspecified atom stereocenters. The monoisotopic (exact) mass is 264 g/mol. The molecule has 0 saturated carbocycles. The van der Waals surface area contributed by atoms with Crippen molar-refractivity contribution in [2.24, 2.45) is 0 Å². The predicted octanol–water partition coefficient (Wildman–Crippen LogP) is 4.07. The van der Waals surface area contributed by atoms with Crippen LogP contribution in [0.1, 0.15) is 52.9 Å². The van der Waals surface area contributed by atoms with Crippen LogP contribution < -0.4 is 5.32 Å². The number of aromatic nitrogens is 1. The van der Waals surface area contributed by atoms with E-state index < -0.39 is 0 Å². The van der Waals surface area contributed by atoms with E-state index >= 15 is 0 Å². The van der Waals surface area contributed by atoms with Crippen molar-refractivity contribution in [2.45, 2.75) is 46.7 Å². The van der Waals surface area contributed by atoms with Gasteiger partial charge in [-0.05, 0) is 40.7 Å². The minimum atomic E-state index is 0.258. The van der Waals surface area contributed by atoms with Crippen molar-refractivity contribution in [1.82, 2.24) is 10.3 Å². The Morgan fingerprint density at radius 3 is 2.44 bits per heavy atom. The average Bonchev–Trinajstić information content (AvgIpc) is 2.84. The van der Waals surface area contributed by atoms with Gasteiger partial charge in [-0.2, -0.15) is 0 Å². The molecule has 0 aromatic carbocycles. The van der Waals surface area contributed by atoms with Crippen LogP contribution in [-0.4, -0.2) is 4.98 Å². The summed E-state index contributed by atoms with van der Waals surface area (Å²) in [4.78, 5) is 5.67. The second-order valence-corrected chi connectivity index (χ2v) is 6.05. The van der Waals surface area contributed by atoms with Crippen LogP contribution in [0, 0.1) is 20.8 Å². The van der Waals surface area contributed by atoms with Crippen LogP contribution in [0.3, 0.4) is 0 Å². The van der Waals surface area contributed by atoms with Crippen molar-refractivity contribution in [3.8, 4) is 0 Å². The third-order valence-corrected chi connectivity index (χ3v) is 4.15. The molecular weight excluding hydrogens is 244 g/mol. The van der Waals surface area contributed by atoms with Crippen LogP contribution in [0.15, 0.2) is 16.7 Å². The summed E-state index contributed by atoms with van der Waals surface area (Å²) in [5.74, 6) is 1.96. The van der Waals surface area contributed by atoms with Crippen molar-refractivity contribution in [1.29, 1.82) is 0 Å². The second kappa shape index (κ2) is 5.24. The molecule has 2 aromatic heterocycles. The van der Waals surface area contributed by atoms with Crippen LogP contribution >= 0.6 is 11.3 Å². The SMILES string of the molecule is Cc1cc(C(C)NC(C)c2ncc(C)s2)c(C)o1. The van der Waals surface area contributed by atoms with Gasteiger partial charge in [0.25, 0.3) is 0 Å². The van der Waals surface area contributed by atoms with E-state index in [-0.39, 0.29) is 12.1 Å². The molecule has 0 aliphatic heterocycles. The first kappa shape index (κ1) is 13.3. The van der Waals surface area contributed by atoms with Gasteiger partial charge in [-0.1, -0.05) is 0 Å². The largest absolute Gasteiger partial charge is 0.466 e. The maximum absolute atomic E-state index is 5.57. The molecular formula is C14H20N2OS. The number of aryl methyl sites for hydroxylation is 3. The molecule has 2 aromatic rings. The third-order valence-electron chi connectivity index (χ3n) is 3.06. The number of furan rings is 1. The van der Waals surface area contributed by atoms with Crippen LogP contribution in [0.25, 0.3) is 0 Å². The Hall–Kier alpha value is -1.13. The van der Waals surface area contributed by atoms with Crippen LogP contribution in [0.5, 0.6) is 0 Å². The zero-order valence-corrected chi connectivity index (χ0v) is 12.4. The van der Waals surface area contributed by atoms with Crippen LogP contribution in [0.2, 0.25) is 0 Å². The fraction of sp³-hybridized carbons (Fsp3) is 0.500. The second-order valence-electron chi connectivity index (χ2n) is 4.79. The molecule has 0 fully saturated rings. The Morgan fingerprint density at radius 1 is 1.22 bits per heavy atom. The number of thiazole rings is 1. The zero-order chi connectivity index (χ0) is 13.3. The molecule has 0 spiro atoms. The lowest BCUT2D eigenvalue weighted by Crippen LogP contribution is -2.22. The van der Waals surface area contributed by atoms with E-state index in [4.69, 9.17) is 4.42 Å². The van der Waals surface area contributed by atoms with Gasteiger partial charge in [0.2, 0.25) is 0 Å². The van der Waals surface area contributed by atoms with Crippen molar-refractivity contribution in [3.05, 3.63) is 39.2 Å². The summed E-state index contributed by atoms with van der Waals surface area (Å²) < 4.78 is 5.57. The van der Waals surface area contributed by atoms with Gasteiger partial charge in [0.1, 0.15) is 16.5 Å². The summed E-state index contributed by atoms with van der Waals surface area (Å²) in [6, 6.07) is 2.63. The maximum atomic E-state index is 5.57. The van der Waals surface area contributed by atoms with E-state index in [0.717, 1.165) is 16.5 Å². The zero-order valence-electron chi connectivity index (χ0n) is 11.6. The predicted molar refractivity (Wildman–Crippen MR) is 75.0 cm³/mol. The van der Waals surface area contributed by atoms with Crippen LogP contribution in [0.4, 0.5) is 0 Å². The highest BCUT2D eigenvalue weighted by Crippen LogP contribution is 2.25. The molecule has 2 atom stereocenters. The van der Waals surface area contributed by atoms with Gasteiger partial charge in [0, 0.05) is 22.7 Å². The Labute approximate surface area is 112 Å². The highest BCUT2D eigenvalue weighted by atomic mass is 32.1. The van der Waals surface area contributed by atoms with Gasteiger partial charge in [0.15, 0.2) is 0 Å². The number of hydrogen-bond donors (Lipinski definition) is 1. The lowest BCUT2D eigenvalue weighted by Gasteiger charge is -2.18. The summed E-state index contributed by atoms with van der Waals surface area (Å²) in [6.45, 7) is 10.4. The van der Waals surface area contributed by atoms with E-state index in [2.05, 4.69) is 37.1 Å². The molecule has 1 N–H and O–H groups in total. The summed E-state index contributed by atoms with van der Waals surface area (Å²) >= 11 is 1.75. The standard InChI is InChI=1S/C14H20N2OS/c1-8-6-13(12(5)17-8)10(3)16-11(4)14-15-7-9(2)18-14/h6-7,10-11,16H,1-5H3. The average molecular weight is 264 g/mol. The van der Waals surface area contributed by atoms with E-state index in [1.165, 1.54) is 10.4 Å². The van der Waals surface area contributed by atoms with Crippen molar-refractivity contribution < 1.29 is 4.42 Å². The van der Waals surface area contributed by atoms with E-state index in [1.807, 2.05) is 20.0 Å². The highest BCUT2D eigenvalue weighted by Gasteiger charge is 2.17. The Morgan fingerprint density at radius 2 is 1.94 bits per heavy atom. The normalized spacial score (nSPS) is 14.7. The number of nitrogens with zero attached hydrogens (tertiary/aromatic N) is 1. The molecule has 0 aliphatic carbocycles. The Bertz CT molecular complexity index is 530. The highest BCUT2D eigenvalue weighted by molar-refractivity contribution is 7.11. The molecule has 0 radical (unpaired) electrons. The smallest absolute Gasteiger partial charge is 0.109 e. The fourth-order valence-corrected chi connectivity index (χ4v) is 2.97. The fourth-order valence-electron chi connectivity index (χ4n) is 2.19. The number of rotatable bonds is 4. The molecule has 4 heteroatoms. The molecule has 98 valence electrons. The molecule has 0 saturated heterocycles.